The van der Waals surface area contributed by atoms with Crippen LogP contribution in [0.25, 0.3) is 0 Å². The molecule has 0 radical (unpaired) electrons. The third-order valence-electron chi connectivity index (χ3n) is 2.50. The van der Waals surface area contributed by atoms with E-state index in [4.69, 9.17) is 5.26 Å². The number of rotatable bonds is 2. The number of anilines is 1. The SMILES string of the molecule is CSc1ncnc(N2CCCC2)c1C#N. The zero-order valence-electron chi connectivity index (χ0n) is 8.60. The number of thioether (sulfide) groups is 1. The first-order valence-electron chi connectivity index (χ1n) is 4.91. The highest BCUT2D eigenvalue weighted by Crippen LogP contribution is 2.26. The van der Waals surface area contributed by atoms with E-state index in [9.17, 15) is 0 Å². The minimum Gasteiger partial charge on any atom is -0.355 e. The highest BCUT2D eigenvalue weighted by Gasteiger charge is 2.19. The lowest BCUT2D eigenvalue weighted by Crippen LogP contribution is -2.20. The normalized spacial score (nSPS) is 15.3. The number of nitriles is 1. The molecule has 1 aliphatic rings. The topological polar surface area (TPSA) is 52.8 Å². The quantitative estimate of drug-likeness (QED) is 0.560. The fraction of sp³-hybridized carbons (Fsp3) is 0.500. The average molecular weight is 220 g/mol. The second-order valence-corrected chi connectivity index (χ2v) is 4.18. The van der Waals surface area contributed by atoms with Gasteiger partial charge < -0.3 is 4.90 Å². The van der Waals surface area contributed by atoms with Gasteiger partial charge in [0, 0.05) is 13.1 Å². The molecule has 0 N–H and O–H groups in total. The van der Waals surface area contributed by atoms with Crippen molar-refractivity contribution in [2.75, 3.05) is 24.2 Å². The van der Waals surface area contributed by atoms with Gasteiger partial charge in [-0.2, -0.15) is 5.26 Å². The molecule has 1 aromatic heterocycles. The van der Waals surface area contributed by atoms with Crippen LogP contribution in [0.1, 0.15) is 18.4 Å². The molecule has 0 unspecified atom stereocenters. The van der Waals surface area contributed by atoms with E-state index in [1.165, 1.54) is 24.6 Å². The predicted molar refractivity (Wildman–Crippen MR) is 60.0 cm³/mol. The van der Waals surface area contributed by atoms with Crippen LogP contribution in [-0.2, 0) is 0 Å². The van der Waals surface area contributed by atoms with E-state index < -0.39 is 0 Å². The first-order valence-corrected chi connectivity index (χ1v) is 6.13. The molecule has 2 heterocycles. The van der Waals surface area contributed by atoms with Crippen LogP contribution in [0.5, 0.6) is 0 Å². The summed E-state index contributed by atoms with van der Waals surface area (Å²) in [4.78, 5) is 10.5. The van der Waals surface area contributed by atoms with Crippen molar-refractivity contribution >= 4 is 17.6 Å². The van der Waals surface area contributed by atoms with Gasteiger partial charge in [-0.1, -0.05) is 0 Å². The molecule has 0 aliphatic carbocycles. The summed E-state index contributed by atoms with van der Waals surface area (Å²) in [7, 11) is 0. The van der Waals surface area contributed by atoms with Gasteiger partial charge in [0.15, 0.2) is 5.82 Å². The van der Waals surface area contributed by atoms with Gasteiger partial charge >= 0.3 is 0 Å². The Hall–Kier alpha value is -1.28. The van der Waals surface area contributed by atoms with Crippen molar-refractivity contribution in [1.82, 2.24) is 9.97 Å². The first-order chi connectivity index (χ1) is 7.36. The fourth-order valence-electron chi connectivity index (χ4n) is 1.78. The van der Waals surface area contributed by atoms with Crippen molar-refractivity contribution in [1.29, 1.82) is 5.26 Å². The molecule has 1 aliphatic heterocycles. The lowest BCUT2D eigenvalue weighted by molar-refractivity contribution is 0.901. The smallest absolute Gasteiger partial charge is 0.151 e. The van der Waals surface area contributed by atoms with Gasteiger partial charge in [-0.05, 0) is 19.1 Å². The van der Waals surface area contributed by atoms with Crippen LogP contribution in [0.4, 0.5) is 5.82 Å². The van der Waals surface area contributed by atoms with Crippen LogP contribution in [0.15, 0.2) is 11.4 Å². The van der Waals surface area contributed by atoms with Crippen molar-refractivity contribution in [2.45, 2.75) is 17.9 Å². The summed E-state index contributed by atoms with van der Waals surface area (Å²) in [5, 5.41) is 9.89. The molecule has 0 atom stereocenters. The van der Waals surface area contributed by atoms with E-state index in [1.54, 1.807) is 6.33 Å². The molecule has 15 heavy (non-hydrogen) atoms. The van der Waals surface area contributed by atoms with Gasteiger partial charge in [0.1, 0.15) is 23.0 Å². The zero-order valence-corrected chi connectivity index (χ0v) is 9.42. The van der Waals surface area contributed by atoms with Gasteiger partial charge in [-0.3, -0.25) is 0 Å². The van der Waals surface area contributed by atoms with Gasteiger partial charge in [-0.15, -0.1) is 11.8 Å². The van der Waals surface area contributed by atoms with Crippen molar-refractivity contribution in [3.8, 4) is 6.07 Å². The molecule has 1 aromatic rings. The molecule has 1 saturated heterocycles. The van der Waals surface area contributed by atoms with Crippen LogP contribution in [0, 0.1) is 11.3 Å². The van der Waals surface area contributed by atoms with Crippen LogP contribution in [-0.4, -0.2) is 29.3 Å². The van der Waals surface area contributed by atoms with Crippen LogP contribution < -0.4 is 4.90 Å². The fourth-order valence-corrected chi connectivity index (χ4v) is 2.28. The summed E-state index contributed by atoms with van der Waals surface area (Å²) in [6.07, 6.45) is 5.84. The molecule has 2 rings (SSSR count). The maximum Gasteiger partial charge on any atom is 0.151 e. The molecule has 0 amide bonds. The summed E-state index contributed by atoms with van der Waals surface area (Å²) >= 11 is 1.49. The zero-order chi connectivity index (χ0) is 10.7. The van der Waals surface area contributed by atoms with Crippen LogP contribution >= 0.6 is 11.8 Å². The molecule has 0 aromatic carbocycles. The van der Waals surface area contributed by atoms with E-state index in [2.05, 4.69) is 20.9 Å². The maximum absolute atomic E-state index is 9.12. The molecule has 5 heteroatoms. The highest BCUT2D eigenvalue weighted by atomic mass is 32.2. The Morgan fingerprint density at radius 3 is 2.73 bits per heavy atom. The summed E-state index contributed by atoms with van der Waals surface area (Å²) in [5.41, 5.74) is 0.618. The third kappa shape index (κ3) is 1.90. The Morgan fingerprint density at radius 2 is 2.13 bits per heavy atom. The summed E-state index contributed by atoms with van der Waals surface area (Å²) in [6.45, 7) is 2.00. The van der Waals surface area contributed by atoms with Crippen LogP contribution in [0.3, 0.4) is 0 Å². The van der Waals surface area contributed by atoms with Crippen molar-refractivity contribution in [2.24, 2.45) is 0 Å². The number of nitrogens with zero attached hydrogens (tertiary/aromatic N) is 4. The van der Waals surface area contributed by atoms with Gasteiger partial charge in [0.25, 0.3) is 0 Å². The molecular weight excluding hydrogens is 208 g/mol. The Bertz CT molecular complexity index is 393. The van der Waals surface area contributed by atoms with Gasteiger partial charge in [0.2, 0.25) is 0 Å². The largest absolute Gasteiger partial charge is 0.355 e. The summed E-state index contributed by atoms with van der Waals surface area (Å²) in [5.74, 6) is 0.800. The second kappa shape index (κ2) is 4.49. The van der Waals surface area contributed by atoms with E-state index in [0.717, 1.165) is 23.9 Å². The second-order valence-electron chi connectivity index (χ2n) is 3.39. The number of hydrogen-bond donors (Lipinski definition) is 0. The minimum atomic E-state index is 0.618. The first kappa shape index (κ1) is 10.2. The maximum atomic E-state index is 9.12. The van der Waals surface area contributed by atoms with E-state index >= 15 is 0 Å². The Kier molecular flexibility index (Phi) is 3.07. The van der Waals surface area contributed by atoms with Crippen molar-refractivity contribution < 1.29 is 0 Å². The minimum absolute atomic E-state index is 0.618. The molecule has 78 valence electrons. The van der Waals surface area contributed by atoms with Gasteiger partial charge in [-0.25, -0.2) is 9.97 Å². The Balaban J connectivity index is 2.42. The number of hydrogen-bond acceptors (Lipinski definition) is 5. The molecule has 4 nitrogen and oxygen atoms in total. The Labute approximate surface area is 93.3 Å². The predicted octanol–water partition coefficient (Wildman–Crippen LogP) is 1.67. The molecule has 0 spiro atoms. The van der Waals surface area contributed by atoms with E-state index in [-0.39, 0.29) is 0 Å². The third-order valence-corrected chi connectivity index (χ3v) is 3.20. The summed E-state index contributed by atoms with van der Waals surface area (Å²) in [6, 6.07) is 2.20. The van der Waals surface area contributed by atoms with E-state index in [0.29, 0.717) is 5.56 Å². The summed E-state index contributed by atoms with van der Waals surface area (Å²) < 4.78 is 0. The standard InChI is InChI=1S/C10H12N4S/c1-15-10-8(6-11)9(12-7-13-10)14-4-2-3-5-14/h7H,2-5H2,1H3. The average Bonchev–Trinajstić information content (AvgIpc) is 2.81. The van der Waals surface area contributed by atoms with Gasteiger partial charge in [0.05, 0.1) is 0 Å². The number of aromatic nitrogens is 2. The van der Waals surface area contributed by atoms with Crippen LogP contribution in [0.2, 0.25) is 0 Å². The Morgan fingerprint density at radius 1 is 1.40 bits per heavy atom. The molecule has 0 saturated carbocycles. The van der Waals surface area contributed by atoms with Crippen molar-refractivity contribution in [3.05, 3.63) is 11.9 Å². The molecule has 0 bridgehead atoms. The molecular formula is C10H12N4S. The monoisotopic (exact) mass is 220 g/mol. The lowest BCUT2D eigenvalue weighted by Gasteiger charge is -2.17. The molecule has 1 fully saturated rings. The lowest BCUT2D eigenvalue weighted by atomic mass is 10.3. The highest BCUT2D eigenvalue weighted by molar-refractivity contribution is 7.98. The van der Waals surface area contributed by atoms with Crippen molar-refractivity contribution in [3.63, 3.8) is 0 Å². The van der Waals surface area contributed by atoms with E-state index in [1.807, 2.05) is 6.26 Å².